The van der Waals surface area contributed by atoms with Gasteiger partial charge in [0.2, 0.25) is 0 Å². The fourth-order valence-electron chi connectivity index (χ4n) is 14.1. The number of carbonyl (C=O) groups is 2. The number of allylic oxidation sites excluding steroid dienone is 2. The van der Waals surface area contributed by atoms with Gasteiger partial charge in [0.15, 0.2) is 6.29 Å². The molecule has 3 aliphatic rings. The molecule has 1 aromatic heterocycles. The molecule has 0 saturated heterocycles. The first kappa shape index (κ1) is 47.4. The van der Waals surface area contributed by atoms with Crippen molar-refractivity contribution < 1.29 is 19.8 Å². The van der Waals surface area contributed by atoms with Gasteiger partial charge in [-0.15, -0.1) is 0 Å². The van der Waals surface area contributed by atoms with Crippen molar-refractivity contribution in [2.75, 3.05) is 11.4 Å². The minimum Gasteiger partial charge on any atom is -0.367 e. The van der Waals surface area contributed by atoms with Crippen LogP contribution in [0, 0.1) is 0 Å². The van der Waals surface area contributed by atoms with Crippen LogP contribution < -0.4 is 4.90 Å². The molecule has 0 fully saturated rings. The van der Waals surface area contributed by atoms with E-state index in [0.717, 1.165) is 96.7 Å². The summed E-state index contributed by atoms with van der Waals surface area (Å²) >= 11 is 0. The lowest BCUT2D eigenvalue weighted by Gasteiger charge is -2.30. The summed E-state index contributed by atoms with van der Waals surface area (Å²) in [6.45, 7) is 16.6. The highest BCUT2D eigenvalue weighted by Gasteiger charge is 2.38. The number of aromatic nitrogens is 1. The summed E-state index contributed by atoms with van der Waals surface area (Å²) in [4.78, 5) is 31.2. The average Bonchev–Trinajstić information content (AvgIpc) is 4.17. The lowest BCUT2D eigenvalue weighted by atomic mass is 9.81. The topological polar surface area (TPSA) is 86.0 Å². The molecule has 0 radical (unpaired) electrons. The van der Waals surface area contributed by atoms with Crippen molar-refractivity contribution in [3.05, 3.63) is 191 Å². The third-order valence-electron chi connectivity index (χ3n) is 18.4. The van der Waals surface area contributed by atoms with Gasteiger partial charge in [-0.3, -0.25) is 14.5 Å². The largest absolute Gasteiger partial charge is 0.367 e. The molecule has 2 N–H and O–H groups in total. The van der Waals surface area contributed by atoms with Gasteiger partial charge in [0, 0.05) is 67.2 Å². The summed E-state index contributed by atoms with van der Waals surface area (Å²) in [7, 11) is 0. The van der Waals surface area contributed by atoms with Crippen LogP contribution in [0.4, 0.5) is 17.1 Å². The quantitative estimate of drug-likeness (QED) is 0.0443. The SMILES string of the molecule is CCCCCCn1c2cc(-c3ccc(N(c4ccc5c(c4)C(C)(C)C(C)=C5C)c4ccc5c(c4)C(C)(C)c4ccccc4-5)cc3)ccc2c2c3cccc4c5ccc6c7c(ccc(c(cc21)c43)c75)C(=O)N(CC(O)O)C6=O. The number of imide groups is 1. The zero-order valence-corrected chi connectivity index (χ0v) is 44.8. The van der Waals surface area contributed by atoms with Crippen molar-refractivity contribution in [3.8, 4) is 22.3 Å². The van der Waals surface area contributed by atoms with E-state index in [2.05, 4.69) is 185 Å². The number of aryl methyl sites for hydroxylation is 1. The van der Waals surface area contributed by atoms with E-state index in [-0.39, 0.29) is 10.8 Å². The maximum Gasteiger partial charge on any atom is 0.261 e. The van der Waals surface area contributed by atoms with Gasteiger partial charge in [-0.2, -0.15) is 0 Å². The molecule has 1 aliphatic heterocycles. The number of aliphatic hydroxyl groups excluding tert-OH is 1. The Bertz CT molecular complexity index is 4380. The maximum atomic E-state index is 13.9. The summed E-state index contributed by atoms with van der Waals surface area (Å²) in [5.74, 6) is -1.04. The molecule has 7 heteroatoms. The van der Waals surface area contributed by atoms with Crippen molar-refractivity contribution in [1.29, 1.82) is 0 Å². The number of β-amino-alcohol motifs (C(OH)–C–C–N with tert-alkyl or cyclic N) is 2. The fraction of sp³-hybridized carbons (Fsp3) is 0.229. The van der Waals surface area contributed by atoms with Gasteiger partial charge in [-0.05, 0) is 169 Å². The minimum atomic E-state index is -1.83. The summed E-state index contributed by atoms with van der Waals surface area (Å²) in [6, 6.07) is 55.7. The number of hydrogen-bond acceptors (Lipinski definition) is 5. The Kier molecular flexibility index (Phi) is 10.4. The second kappa shape index (κ2) is 16.9. The van der Waals surface area contributed by atoms with Crippen molar-refractivity contribution in [2.45, 2.75) is 97.8 Å². The van der Waals surface area contributed by atoms with Gasteiger partial charge in [0.25, 0.3) is 11.8 Å². The van der Waals surface area contributed by atoms with Gasteiger partial charge in [-0.1, -0.05) is 150 Å². The van der Waals surface area contributed by atoms with E-state index in [9.17, 15) is 19.8 Å². The van der Waals surface area contributed by atoms with E-state index in [4.69, 9.17) is 0 Å². The van der Waals surface area contributed by atoms with Gasteiger partial charge >= 0.3 is 0 Å². The first-order valence-electron chi connectivity index (χ1n) is 27.5. The van der Waals surface area contributed by atoms with E-state index in [1.807, 2.05) is 18.2 Å². The molecule has 0 atom stereocenters. The first-order chi connectivity index (χ1) is 37.2. The molecular formula is C70H61N3O4. The number of aliphatic hydroxyl groups is 2. The number of benzene rings is 10. The zero-order chi connectivity index (χ0) is 53.0. The Hall–Kier alpha value is -8.10. The van der Waals surface area contributed by atoms with Crippen LogP contribution >= 0.6 is 0 Å². The van der Waals surface area contributed by atoms with Crippen LogP contribution in [-0.4, -0.2) is 44.3 Å². The lowest BCUT2D eigenvalue weighted by molar-refractivity contribution is -0.0531. The molecule has 7 nitrogen and oxygen atoms in total. The molecule has 2 heterocycles. The van der Waals surface area contributed by atoms with Crippen molar-refractivity contribution >= 4 is 99.3 Å². The van der Waals surface area contributed by atoms with Crippen LogP contribution in [0.1, 0.15) is 117 Å². The number of unbranched alkanes of at least 4 members (excludes halogenated alkanes) is 3. The first-order valence-corrected chi connectivity index (χ1v) is 27.5. The van der Waals surface area contributed by atoms with Gasteiger partial charge in [-0.25, -0.2) is 0 Å². The van der Waals surface area contributed by atoms with Crippen molar-refractivity contribution in [1.82, 2.24) is 9.47 Å². The average molecular weight is 1010 g/mol. The summed E-state index contributed by atoms with van der Waals surface area (Å²) < 4.78 is 2.54. The number of nitrogens with zero attached hydrogens (tertiary/aromatic N) is 3. The number of anilines is 3. The molecule has 380 valence electrons. The molecule has 0 spiro atoms. The van der Waals surface area contributed by atoms with E-state index in [1.165, 1.54) is 72.6 Å². The van der Waals surface area contributed by atoms with Crippen LogP contribution in [0.25, 0.3) is 92.7 Å². The van der Waals surface area contributed by atoms with Crippen LogP contribution in [0.5, 0.6) is 0 Å². The molecule has 0 bridgehead atoms. The van der Waals surface area contributed by atoms with Crippen molar-refractivity contribution in [2.24, 2.45) is 0 Å². The maximum absolute atomic E-state index is 13.9. The second-order valence-corrected chi connectivity index (χ2v) is 23.2. The van der Waals surface area contributed by atoms with Crippen LogP contribution in [0.15, 0.2) is 157 Å². The molecule has 14 rings (SSSR count). The zero-order valence-electron chi connectivity index (χ0n) is 44.8. The van der Waals surface area contributed by atoms with E-state index < -0.39 is 24.6 Å². The van der Waals surface area contributed by atoms with E-state index in [1.54, 1.807) is 6.07 Å². The van der Waals surface area contributed by atoms with Crippen LogP contribution in [-0.2, 0) is 17.4 Å². The molecule has 0 saturated carbocycles. The molecule has 77 heavy (non-hydrogen) atoms. The van der Waals surface area contributed by atoms with Gasteiger partial charge < -0.3 is 19.7 Å². The predicted molar refractivity (Wildman–Crippen MR) is 317 cm³/mol. The minimum absolute atomic E-state index is 0.0741. The van der Waals surface area contributed by atoms with E-state index in [0.29, 0.717) is 16.5 Å². The van der Waals surface area contributed by atoms with Gasteiger partial charge in [0.1, 0.15) is 0 Å². The normalized spacial score (nSPS) is 15.4. The molecule has 10 aromatic carbocycles. The fourth-order valence-corrected chi connectivity index (χ4v) is 14.1. The monoisotopic (exact) mass is 1010 g/mol. The van der Waals surface area contributed by atoms with Gasteiger partial charge in [0.05, 0.1) is 12.1 Å². The van der Waals surface area contributed by atoms with Crippen molar-refractivity contribution in [3.63, 3.8) is 0 Å². The van der Waals surface area contributed by atoms with E-state index >= 15 is 0 Å². The lowest BCUT2D eigenvalue weighted by Crippen LogP contribution is -2.44. The summed E-state index contributed by atoms with van der Waals surface area (Å²) in [6.07, 6.45) is 2.68. The molecule has 2 amide bonds. The summed E-state index contributed by atoms with van der Waals surface area (Å²) in [5.41, 5.74) is 19.4. The van der Waals surface area contributed by atoms with Crippen LogP contribution in [0.3, 0.4) is 0 Å². The Morgan fingerprint density at radius 1 is 0.481 bits per heavy atom. The molecule has 11 aromatic rings. The predicted octanol–water partition coefficient (Wildman–Crippen LogP) is 16.9. The Morgan fingerprint density at radius 2 is 1.08 bits per heavy atom. The Morgan fingerprint density at radius 3 is 1.79 bits per heavy atom. The summed E-state index contributed by atoms with van der Waals surface area (Å²) in [5, 5.41) is 30.1. The standard InChI is InChI=1S/C70H61N3O4/c1-8-9-10-13-33-71-60-34-42(21-26-52(60)64-53-17-14-16-49-50-29-31-54-66-55(68(77)72(67(54)76)38-62(74)75)32-30-51(65(50)66)56(63(49)53)37-61(64)71)41-19-22-43(23-20-41)73(44-24-27-46-39(2)40(3)69(4,5)58(46)35-44)45-25-28-48-47-15-11-12-18-57(47)70(6,7)59(48)36-45/h11-12,14-32,34-37,62,74-75H,8-10,13,33,38H2,1-7H3. The highest BCUT2D eigenvalue weighted by Crippen LogP contribution is 2.53. The Balaban J connectivity index is 0.921. The third kappa shape index (κ3) is 6.69. The third-order valence-corrected chi connectivity index (χ3v) is 18.4. The molecular weight excluding hydrogens is 947 g/mol. The highest BCUT2D eigenvalue weighted by atomic mass is 16.5. The number of fused-ring (bicyclic) bond motifs is 10. The highest BCUT2D eigenvalue weighted by molar-refractivity contribution is 6.41. The number of rotatable bonds is 11. The van der Waals surface area contributed by atoms with Crippen LogP contribution in [0.2, 0.25) is 0 Å². The number of hydrogen-bond donors (Lipinski definition) is 2. The number of amides is 2. The Labute approximate surface area is 448 Å². The molecule has 0 unspecified atom stereocenters. The number of carbonyl (C=O) groups excluding carboxylic acids is 2. The second-order valence-electron chi connectivity index (χ2n) is 23.2. The smallest absolute Gasteiger partial charge is 0.261 e. The molecule has 2 aliphatic carbocycles.